The highest BCUT2D eigenvalue weighted by Crippen LogP contribution is 2.17. The van der Waals surface area contributed by atoms with Crippen LogP contribution in [0, 0.1) is 11.3 Å². The van der Waals surface area contributed by atoms with Gasteiger partial charge in [0.15, 0.2) is 5.17 Å². The van der Waals surface area contributed by atoms with Gasteiger partial charge in [-0.3, -0.25) is 9.79 Å². The zero-order chi connectivity index (χ0) is 18.8. The Morgan fingerprint density at radius 3 is 2.92 bits per heavy atom. The lowest BCUT2D eigenvalue weighted by Crippen LogP contribution is -2.20. The summed E-state index contributed by atoms with van der Waals surface area (Å²) < 4.78 is 5.19. The molecule has 8 heteroatoms. The number of nitrogens with one attached hydrogen (secondary N) is 2. The number of nitriles is 1. The summed E-state index contributed by atoms with van der Waals surface area (Å²) in [6.45, 7) is 3.04. The van der Waals surface area contributed by atoms with Gasteiger partial charge in [-0.15, -0.1) is 0 Å². The second-order valence-corrected chi connectivity index (χ2v) is 6.42. The number of carbonyl (C=O) groups is 2. The molecule has 0 spiro atoms. The van der Waals surface area contributed by atoms with E-state index in [1.54, 1.807) is 24.3 Å². The summed E-state index contributed by atoms with van der Waals surface area (Å²) in [5, 5.41) is 15.3. The van der Waals surface area contributed by atoms with E-state index in [4.69, 9.17) is 4.74 Å². The summed E-state index contributed by atoms with van der Waals surface area (Å²) in [7, 11) is 0. The van der Waals surface area contributed by atoms with E-state index >= 15 is 0 Å². The van der Waals surface area contributed by atoms with Gasteiger partial charge in [0.25, 0.3) is 5.91 Å². The van der Waals surface area contributed by atoms with Gasteiger partial charge >= 0.3 is 5.97 Å². The van der Waals surface area contributed by atoms with Crippen molar-refractivity contribution in [1.29, 1.82) is 5.26 Å². The van der Waals surface area contributed by atoms with Gasteiger partial charge < -0.3 is 15.4 Å². The van der Waals surface area contributed by atoms with Crippen molar-refractivity contribution in [2.45, 2.75) is 19.8 Å². The molecule has 2 rings (SSSR count). The quantitative estimate of drug-likeness (QED) is 0.330. The fraction of sp³-hybridized carbons (Fsp3) is 0.333. The smallest absolute Gasteiger partial charge is 0.340 e. The largest absolute Gasteiger partial charge is 0.462 e. The SMILES string of the molecule is CCCCOC(=O)c1ccccc1NC(=O)/C(C#N)=C\NC1=NCCS1. The van der Waals surface area contributed by atoms with Gasteiger partial charge in [-0.1, -0.05) is 37.2 Å². The summed E-state index contributed by atoms with van der Waals surface area (Å²) in [6, 6.07) is 8.38. The topological polar surface area (TPSA) is 104 Å². The molecule has 0 unspecified atom stereocenters. The lowest BCUT2D eigenvalue weighted by Gasteiger charge is -2.10. The van der Waals surface area contributed by atoms with Crippen LogP contribution in [0.25, 0.3) is 0 Å². The van der Waals surface area contributed by atoms with Crippen LogP contribution in [0.3, 0.4) is 0 Å². The zero-order valence-corrected chi connectivity index (χ0v) is 15.3. The normalized spacial score (nSPS) is 13.5. The molecule has 1 aliphatic heterocycles. The number of unbranched alkanes of at least 4 members (excludes halogenated alkanes) is 1. The number of thioether (sulfide) groups is 1. The molecule has 0 saturated carbocycles. The Kier molecular flexibility index (Phi) is 7.71. The molecule has 1 aliphatic rings. The summed E-state index contributed by atoms with van der Waals surface area (Å²) in [6.07, 6.45) is 3.00. The molecule has 0 saturated heterocycles. The van der Waals surface area contributed by atoms with Crippen molar-refractivity contribution in [2.24, 2.45) is 4.99 Å². The number of benzene rings is 1. The number of hydrogen-bond donors (Lipinski definition) is 2. The maximum absolute atomic E-state index is 12.3. The van der Waals surface area contributed by atoms with Crippen LogP contribution in [0.4, 0.5) is 5.69 Å². The molecule has 0 bridgehead atoms. The van der Waals surface area contributed by atoms with Crippen LogP contribution >= 0.6 is 11.8 Å². The molecule has 0 atom stereocenters. The van der Waals surface area contributed by atoms with Crippen LogP contribution in [0.1, 0.15) is 30.1 Å². The maximum Gasteiger partial charge on any atom is 0.340 e. The fourth-order valence-electron chi connectivity index (χ4n) is 2.05. The molecule has 26 heavy (non-hydrogen) atoms. The molecule has 7 nitrogen and oxygen atoms in total. The average molecular weight is 372 g/mol. The highest BCUT2D eigenvalue weighted by Gasteiger charge is 2.17. The van der Waals surface area contributed by atoms with E-state index in [0.717, 1.165) is 18.6 Å². The molecular weight excluding hydrogens is 352 g/mol. The Morgan fingerprint density at radius 1 is 1.42 bits per heavy atom. The molecule has 0 radical (unpaired) electrons. The summed E-state index contributed by atoms with van der Waals surface area (Å²) >= 11 is 1.52. The van der Waals surface area contributed by atoms with Crippen LogP contribution in [-0.4, -0.2) is 35.9 Å². The standard InChI is InChI=1S/C18H20N4O3S/c1-2-3-9-25-17(24)14-6-4-5-7-15(14)22-16(23)13(11-19)12-21-18-20-8-10-26-18/h4-7,12H,2-3,8-10H2,1H3,(H,20,21)(H,22,23)/b13-12-. The first-order valence-corrected chi connectivity index (χ1v) is 9.25. The Labute approximate surface area is 156 Å². The molecule has 1 amide bonds. The lowest BCUT2D eigenvalue weighted by molar-refractivity contribution is -0.112. The lowest BCUT2D eigenvalue weighted by atomic mass is 10.1. The first-order chi connectivity index (χ1) is 12.7. The molecule has 136 valence electrons. The summed E-state index contributed by atoms with van der Waals surface area (Å²) in [5.41, 5.74) is 0.431. The third kappa shape index (κ3) is 5.63. The minimum Gasteiger partial charge on any atom is -0.462 e. The predicted molar refractivity (Wildman–Crippen MR) is 102 cm³/mol. The second-order valence-electron chi connectivity index (χ2n) is 5.34. The number of para-hydroxylation sites is 1. The van der Waals surface area contributed by atoms with Gasteiger partial charge in [-0.2, -0.15) is 5.26 Å². The predicted octanol–water partition coefficient (Wildman–Crippen LogP) is 2.68. The molecule has 0 fully saturated rings. The first-order valence-electron chi connectivity index (χ1n) is 8.27. The van der Waals surface area contributed by atoms with Crippen LogP contribution in [0.2, 0.25) is 0 Å². The van der Waals surface area contributed by atoms with E-state index in [1.807, 2.05) is 13.0 Å². The molecule has 1 aromatic rings. The number of amidine groups is 1. The van der Waals surface area contributed by atoms with Crippen LogP contribution < -0.4 is 10.6 Å². The molecule has 1 aromatic carbocycles. The van der Waals surface area contributed by atoms with Crippen molar-refractivity contribution >= 4 is 34.5 Å². The number of rotatable bonds is 7. The van der Waals surface area contributed by atoms with Gasteiger partial charge in [-0.05, 0) is 18.6 Å². The summed E-state index contributed by atoms with van der Waals surface area (Å²) in [5.74, 6) is -0.248. The first kappa shape index (κ1) is 19.5. The third-order valence-electron chi connectivity index (χ3n) is 3.42. The average Bonchev–Trinajstić information content (AvgIpc) is 3.16. The van der Waals surface area contributed by atoms with Gasteiger partial charge in [-0.25, -0.2) is 4.79 Å². The molecule has 0 aliphatic carbocycles. The van der Waals surface area contributed by atoms with Crippen LogP contribution in [-0.2, 0) is 9.53 Å². The highest BCUT2D eigenvalue weighted by atomic mass is 32.2. The second kappa shape index (κ2) is 10.3. The minimum atomic E-state index is -0.614. The number of ether oxygens (including phenoxy) is 1. The van der Waals surface area contributed by atoms with Crippen LogP contribution in [0.5, 0.6) is 0 Å². The van der Waals surface area contributed by atoms with E-state index in [-0.39, 0.29) is 11.1 Å². The van der Waals surface area contributed by atoms with Gasteiger partial charge in [0.2, 0.25) is 0 Å². The number of amides is 1. The molecular formula is C18H20N4O3S. The van der Waals surface area contributed by atoms with Crippen molar-refractivity contribution in [3.8, 4) is 6.07 Å². The van der Waals surface area contributed by atoms with Crippen molar-refractivity contribution in [3.05, 3.63) is 41.6 Å². The number of aliphatic imine (C=N–C) groups is 1. The number of nitrogens with zero attached hydrogens (tertiary/aromatic N) is 2. The van der Waals surface area contributed by atoms with E-state index < -0.39 is 11.9 Å². The van der Waals surface area contributed by atoms with Crippen molar-refractivity contribution in [2.75, 3.05) is 24.2 Å². The van der Waals surface area contributed by atoms with E-state index in [0.29, 0.717) is 24.0 Å². The van der Waals surface area contributed by atoms with Crippen molar-refractivity contribution in [1.82, 2.24) is 5.32 Å². The zero-order valence-electron chi connectivity index (χ0n) is 14.4. The third-order valence-corrected chi connectivity index (χ3v) is 4.32. The molecule has 0 aromatic heterocycles. The van der Waals surface area contributed by atoms with E-state index in [9.17, 15) is 14.9 Å². The Bertz CT molecular complexity index is 768. The van der Waals surface area contributed by atoms with Gasteiger partial charge in [0.05, 0.1) is 24.4 Å². The van der Waals surface area contributed by atoms with Crippen molar-refractivity contribution in [3.63, 3.8) is 0 Å². The minimum absolute atomic E-state index is 0.116. The number of esters is 1. The van der Waals surface area contributed by atoms with Gasteiger partial charge in [0, 0.05) is 12.0 Å². The van der Waals surface area contributed by atoms with Gasteiger partial charge in [0.1, 0.15) is 11.6 Å². The maximum atomic E-state index is 12.3. The Balaban J connectivity index is 2.06. The monoisotopic (exact) mass is 372 g/mol. The van der Waals surface area contributed by atoms with Crippen molar-refractivity contribution < 1.29 is 14.3 Å². The van der Waals surface area contributed by atoms with E-state index in [1.165, 1.54) is 18.0 Å². The fourth-order valence-corrected chi connectivity index (χ4v) is 2.75. The number of hydrogen-bond acceptors (Lipinski definition) is 7. The Morgan fingerprint density at radius 2 is 2.23 bits per heavy atom. The summed E-state index contributed by atoms with van der Waals surface area (Å²) in [4.78, 5) is 28.7. The molecule has 2 N–H and O–H groups in total. The highest BCUT2D eigenvalue weighted by molar-refractivity contribution is 8.14. The number of anilines is 1. The number of carbonyl (C=O) groups excluding carboxylic acids is 2. The van der Waals surface area contributed by atoms with E-state index in [2.05, 4.69) is 15.6 Å². The van der Waals surface area contributed by atoms with Crippen LogP contribution in [0.15, 0.2) is 41.0 Å². The molecule has 1 heterocycles. The Hall–Kier alpha value is -2.79.